The minimum absolute atomic E-state index is 0.206. The zero-order valence-electron chi connectivity index (χ0n) is 12.3. The van der Waals surface area contributed by atoms with Crippen molar-refractivity contribution < 1.29 is 4.92 Å². The van der Waals surface area contributed by atoms with E-state index < -0.39 is 0 Å². The van der Waals surface area contributed by atoms with E-state index in [0.29, 0.717) is 12.6 Å². The topological polar surface area (TPSA) is 58.4 Å². The van der Waals surface area contributed by atoms with Gasteiger partial charge in [0, 0.05) is 35.2 Å². The highest BCUT2D eigenvalue weighted by Crippen LogP contribution is 2.27. The third kappa shape index (κ3) is 4.49. The predicted molar refractivity (Wildman–Crippen MR) is 87.4 cm³/mol. The minimum Gasteiger partial charge on any atom is -0.315 e. The highest BCUT2D eigenvalue weighted by atomic mass is 79.9. The van der Waals surface area contributed by atoms with Crippen LogP contribution in [0.3, 0.4) is 0 Å². The van der Waals surface area contributed by atoms with Crippen molar-refractivity contribution in [1.29, 1.82) is 0 Å². The monoisotopic (exact) mass is 355 g/mol. The van der Waals surface area contributed by atoms with Gasteiger partial charge in [-0.2, -0.15) is 0 Å². The molecule has 1 atom stereocenters. The van der Waals surface area contributed by atoms with Crippen LogP contribution < -0.4 is 5.32 Å². The number of benzene rings is 1. The molecule has 0 radical (unpaired) electrons. The number of halogens is 1. The van der Waals surface area contributed by atoms with Crippen LogP contribution in [0.15, 0.2) is 22.7 Å². The number of piperidine rings is 1. The van der Waals surface area contributed by atoms with Gasteiger partial charge in [0.05, 0.1) is 4.92 Å². The number of likely N-dealkylation sites (N-methyl/N-ethyl adjacent to an activating group) is 1. The lowest BCUT2D eigenvalue weighted by Gasteiger charge is -2.35. The fourth-order valence-corrected chi connectivity index (χ4v) is 3.22. The molecule has 0 spiro atoms. The number of nitro groups is 1. The molecule has 116 valence electrons. The van der Waals surface area contributed by atoms with E-state index in [1.807, 2.05) is 12.1 Å². The summed E-state index contributed by atoms with van der Waals surface area (Å²) in [5.41, 5.74) is 1.00. The van der Waals surface area contributed by atoms with E-state index >= 15 is 0 Å². The van der Waals surface area contributed by atoms with Gasteiger partial charge in [-0.3, -0.25) is 15.0 Å². The van der Waals surface area contributed by atoms with Crippen LogP contribution in [-0.2, 0) is 6.54 Å². The molecule has 1 aromatic carbocycles. The number of nitro benzene ring substituents is 1. The Morgan fingerprint density at radius 1 is 1.48 bits per heavy atom. The summed E-state index contributed by atoms with van der Waals surface area (Å²) in [6.07, 6.45) is 3.58. The van der Waals surface area contributed by atoms with Gasteiger partial charge >= 0.3 is 0 Å². The van der Waals surface area contributed by atoms with Crippen LogP contribution in [0.1, 0.15) is 31.7 Å². The number of hydrogen-bond acceptors (Lipinski definition) is 4. The quantitative estimate of drug-likeness (QED) is 0.628. The molecule has 0 amide bonds. The van der Waals surface area contributed by atoms with E-state index in [2.05, 4.69) is 33.1 Å². The van der Waals surface area contributed by atoms with Gasteiger partial charge in [-0.25, -0.2) is 0 Å². The first-order valence-electron chi connectivity index (χ1n) is 7.49. The maximum atomic E-state index is 11.2. The summed E-state index contributed by atoms with van der Waals surface area (Å²) in [5.74, 6) is 0. The van der Waals surface area contributed by atoms with Crippen molar-refractivity contribution in [3.05, 3.63) is 38.3 Å². The van der Waals surface area contributed by atoms with E-state index in [1.165, 1.54) is 12.8 Å². The summed E-state index contributed by atoms with van der Waals surface area (Å²) >= 11 is 3.31. The molecule has 6 heteroatoms. The second-order valence-corrected chi connectivity index (χ2v) is 6.37. The number of rotatable bonds is 6. The Labute approximate surface area is 134 Å². The Kier molecular flexibility index (Phi) is 6.14. The highest BCUT2D eigenvalue weighted by molar-refractivity contribution is 9.10. The molecule has 1 heterocycles. The summed E-state index contributed by atoms with van der Waals surface area (Å²) in [4.78, 5) is 13.3. The van der Waals surface area contributed by atoms with Crippen LogP contribution in [0.2, 0.25) is 0 Å². The van der Waals surface area contributed by atoms with Crippen LogP contribution >= 0.6 is 15.9 Å². The van der Waals surface area contributed by atoms with Crippen LogP contribution in [0.5, 0.6) is 0 Å². The first kappa shape index (κ1) is 16.4. The third-order valence-corrected chi connectivity index (χ3v) is 4.49. The maximum absolute atomic E-state index is 11.2. The maximum Gasteiger partial charge on any atom is 0.275 e. The smallest absolute Gasteiger partial charge is 0.275 e. The van der Waals surface area contributed by atoms with Gasteiger partial charge in [-0.05, 0) is 38.1 Å². The third-order valence-electron chi connectivity index (χ3n) is 4.00. The van der Waals surface area contributed by atoms with Gasteiger partial charge in [-0.1, -0.05) is 29.3 Å². The minimum atomic E-state index is -0.288. The van der Waals surface area contributed by atoms with Gasteiger partial charge in [0.2, 0.25) is 0 Å². The highest BCUT2D eigenvalue weighted by Gasteiger charge is 2.24. The molecule has 0 aromatic heterocycles. The Balaban J connectivity index is 2.13. The molecule has 2 rings (SSSR count). The summed E-state index contributed by atoms with van der Waals surface area (Å²) in [6.45, 7) is 5.69. The molecule has 1 fully saturated rings. The molecule has 1 aliphatic heterocycles. The van der Waals surface area contributed by atoms with Crippen LogP contribution in [-0.4, -0.2) is 35.5 Å². The summed E-state index contributed by atoms with van der Waals surface area (Å²) < 4.78 is 0.751. The molecule has 0 bridgehead atoms. The summed E-state index contributed by atoms with van der Waals surface area (Å²) in [7, 11) is 0. The SMILES string of the molecule is CCNCC1CCCCN1Cc1ccc(Br)cc1[N+](=O)[O-]. The molecule has 0 saturated carbocycles. The molecule has 1 unspecified atom stereocenters. The molecular weight excluding hydrogens is 334 g/mol. The lowest BCUT2D eigenvalue weighted by atomic mass is 10.0. The van der Waals surface area contributed by atoms with Crippen molar-refractivity contribution in [3.63, 3.8) is 0 Å². The normalized spacial score (nSPS) is 19.6. The molecule has 1 aliphatic rings. The van der Waals surface area contributed by atoms with Gasteiger partial charge in [0.25, 0.3) is 5.69 Å². The standard InChI is InChI=1S/C15H22BrN3O2/c1-2-17-10-14-5-3-4-8-18(14)11-12-6-7-13(16)9-15(12)19(20)21/h6-7,9,14,17H,2-5,8,10-11H2,1H3. The van der Waals surface area contributed by atoms with Gasteiger partial charge in [0.1, 0.15) is 0 Å². The molecular formula is C15H22BrN3O2. The van der Waals surface area contributed by atoms with E-state index in [-0.39, 0.29) is 10.6 Å². The molecule has 1 N–H and O–H groups in total. The summed E-state index contributed by atoms with van der Waals surface area (Å²) in [5, 5.41) is 14.6. The second-order valence-electron chi connectivity index (χ2n) is 5.46. The van der Waals surface area contributed by atoms with Crippen LogP contribution in [0, 0.1) is 10.1 Å². The first-order chi connectivity index (χ1) is 10.1. The Hall–Kier alpha value is -0.980. The Morgan fingerprint density at radius 2 is 2.29 bits per heavy atom. The zero-order valence-corrected chi connectivity index (χ0v) is 13.9. The van der Waals surface area contributed by atoms with E-state index in [4.69, 9.17) is 0 Å². The van der Waals surface area contributed by atoms with E-state index in [9.17, 15) is 10.1 Å². The van der Waals surface area contributed by atoms with E-state index in [0.717, 1.165) is 36.1 Å². The van der Waals surface area contributed by atoms with Gasteiger partial charge < -0.3 is 5.32 Å². The van der Waals surface area contributed by atoms with Gasteiger partial charge in [-0.15, -0.1) is 0 Å². The van der Waals surface area contributed by atoms with Crippen LogP contribution in [0.4, 0.5) is 5.69 Å². The second kappa shape index (κ2) is 7.87. The van der Waals surface area contributed by atoms with Gasteiger partial charge in [0.15, 0.2) is 0 Å². The molecule has 21 heavy (non-hydrogen) atoms. The number of nitrogens with zero attached hydrogens (tertiary/aromatic N) is 2. The van der Waals surface area contributed by atoms with Crippen molar-refractivity contribution >= 4 is 21.6 Å². The number of nitrogens with one attached hydrogen (secondary N) is 1. The fraction of sp³-hybridized carbons (Fsp3) is 0.600. The number of likely N-dealkylation sites (tertiary alicyclic amines) is 1. The predicted octanol–water partition coefficient (Wildman–Crippen LogP) is 3.32. The van der Waals surface area contributed by atoms with Crippen LogP contribution in [0.25, 0.3) is 0 Å². The average molecular weight is 356 g/mol. The zero-order chi connectivity index (χ0) is 15.2. The fourth-order valence-electron chi connectivity index (χ4n) is 2.87. The first-order valence-corrected chi connectivity index (χ1v) is 8.28. The number of hydrogen-bond donors (Lipinski definition) is 1. The molecule has 5 nitrogen and oxygen atoms in total. The van der Waals surface area contributed by atoms with Crippen molar-refractivity contribution in [2.75, 3.05) is 19.6 Å². The van der Waals surface area contributed by atoms with E-state index in [1.54, 1.807) is 6.07 Å². The Morgan fingerprint density at radius 3 is 3.00 bits per heavy atom. The molecule has 1 saturated heterocycles. The van der Waals surface area contributed by atoms with Crippen molar-refractivity contribution in [2.45, 2.75) is 38.8 Å². The molecule has 1 aromatic rings. The Bertz CT molecular complexity index is 496. The van der Waals surface area contributed by atoms with Crippen molar-refractivity contribution in [1.82, 2.24) is 10.2 Å². The summed E-state index contributed by atoms with van der Waals surface area (Å²) in [6, 6.07) is 5.81. The lowest BCUT2D eigenvalue weighted by molar-refractivity contribution is -0.385. The largest absolute Gasteiger partial charge is 0.315 e. The molecule has 0 aliphatic carbocycles. The lowest BCUT2D eigenvalue weighted by Crippen LogP contribution is -2.45. The van der Waals surface area contributed by atoms with Crippen molar-refractivity contribution in [3.8, 4) is 0 Å². The average Bonchev–Trinajstić information content (AvgIpc) is 2.48. The van der Waals surface area contributed by atoms with Crippen molar-refractivity contribution in [2.24, 2.45) is 0 Å².